The maximum atomic E-state index is 5.75. The average Bonchev–Trinajstić information content (AvgIpc) is 2.95. The number of aromatic nitrogens is 3. The molecule has 3 aromatic rings. The third-order valence-corrected chi connectivity index (χ3v) is 3.53. The Bertz CT molecular complexity index is 730. The number of rotatable bonds is 4. The van der Waals surface area contributed by atoms with Crippen molar-refractivity contribution in [1.29, 1.82) is 0 Å². The summed E-state index contributed by atoms with van der Waals surface area (Å²) in [4.78, 5) is 6.82. The highest BCUT2D eigenvalue weighted by atomic mass is 15.3. The van der Waals surface area contributed by atoms with Crippen LogP contribution in [0.3, 0.4) is 0 Å². The Hall–Kier alpha value is -2.56. The topological polar surface area (TPSA) is 59.5 Å². The van der Waals surface area contributed by atoms with Gasteiger partial charge in [0.15, 0.2) is 5.82 Å². The van der Waals surface area contributed by atoms with Crippen LogP contribution in [0, 0.1) is 0 Å². The molecular formula is C16H19N5. The van der Waals surface area contributed by atoms with E-state index in [0.717, 1.165) is 23.6 Å². The Labute approximate surface area is 124 Å². The third kappa shape index (κ3) is 2.67. The molecule has 0 fully saturated rings. The molecule has 2 N–H and O–H groups in total. The maximum absolute atomic E-state index is 5.75. The van der Waals surface area contributed by atoms with Gasteiger partial charge in [-0.15, -0.1) is 0 Å². The molecule has 0 saturated carbocycles. The van der Waals surface area contributed by atoms with E-state index in [9.17, 15) is 0 Å². The van der Waals surface area contributed by atoms with Crippen LogP contribution in [0.2, 0.25) is 0 Å². The van der Waals surface area contributed by atoms with Gasteiger partial charge in [-0.05, 0) is 37.6 Å². The van der Waals surface area contributed by atoms with Crippen LogP contribution in [0.25, 0.3) is 5.52 Å². The summed E-state index contributed by atoms with van der Waals surface area (Å²) < 4.78 is 1.85. The summed E-state index contributed by atoms with van der Waals surface area (Å²) in [6, 6.07) is 10.3. The molecule has 5 nitrogen and oxygen atoms in total. The van der Waals surface area contributed by atoms with Gasteiger partial charge in [-0.3, -0.25) is 0 Å². The van der Waals surface area contributed by atoms with Crippen molar-refractivity contribution >= 4 is 17.0 Å². The van der Waals surface area contributed by atoms with E-state index in [1.165, 1.54) is 5.56 Å². The monoisotopic (exact) mass is 281 g/mol. The van der Waals surface area contributed by atoms with Crippen LogP contribution in [-0.4, -0.2) is 20.6 Å². The second-order valence-corrected chi connectivity index (χ2v) is 5.38. The molecule has 5 heteroatoms. The van der Waals surface area contributed by atoms with E-state index < -0.39 is 0 Å². The molecule has 0 bridgehead atoms. The summed E-state index contributed by atoms with van der Waals surface area (Å²) in [5.41, 5.74) is 8.76. The summed E-state index contributed by atoms with van der Waals surface area (Å²) >= 11 is 0. The molecular weight excluding hydrogens is 262 g/mol. The minimum Gasteiger partial charge on any atom is -0.399 e. The van der Waals surface area contributed by atoms with Gasteiger partial charge in [-0.2, -0.15) is 5.10 Å². The molecule has 0 spiro atoms. The first-order valence-electron chi connectivity index (χ1n) is 7.04. The standard InChI is InChI=1S/C16H19N5/c1-12(2)20(11-13-3-5-14(17)6-4-13)16-15-7-8-19-21(15)10-9-18-16/h3-10,12H,11,17H2,1-2H3. The van der Waals surface area contributed by atoms with Crippen molar-refractivity contribution in [2.24, 2.45) is 0 Å². The molecule has 108 valence electrons. The van der Waals surface area contributed by atoms with Crippen molar-refractivity contribution in [3.63, 3.8) is 0 Å². The second kappa shape index (κ2) is 5.44. The molecule has 2 heterocycles. The van der Waals surface area contributed by atoms with Crippen LogP contribution in [0.5, 0.6) is 0 Å². The SMILES string of the molecule is CC(C)N(Cc1ccc(N)cc1)c1nccn2nccc12. The quantitative estimate of drug-likeness (QED) is 0.747. The fraction of sp³-hybridized carbons (Fsp3) is 0.250. The molecule has 0 atom stereocenters. The molecule has 1 aromatic carbocycles. The van der Waals surface area contributed by atoms with E-state index in [1.807, 2.05) is 28.9 Å². The molecule has 0 aliphatic carbocycles. The molecule has 0 aliphatic rings. The lowest BCUT2D eigenvalue weighted by molar-refractivity contribution is 0.672. The molecule has 0 unspecified atom stereocenters. The van der Waals surface area contributed by atoms with Crippen molar-refractivity contribution in [3.8, 4) is 0 Å². The van der Waals surface area contributed by atoms with E-state index in [2.05, 4.69) is 41.0 Å². The van der Waals surface area contributed by atoms with Gasteiger partial charge >= 0.3 is 0 Å². The first-order valence-corrected chi connectivity index (χ1v) is 7.04. The summed E-state index contributed by atoms with van der Waals surface area (Å²) in [6.45, 7) is 5.12. The van der Waals surface area contributed by atoms with E-state index in [0.29, 0.717) is 6.04 Å². The van der Waals surface area contributed by atoms with Gasteiger partial charge in [0.2, 0.25) is 0 Å². The zero-order chi connectivity index (χ0) is 14.8. The van der Waals surface area contributed by atoms with Gasteiger partial charge in [-0.25, -0.2) is 9.50 Å². The Morgan fingerprint density at radius 1 is 1.14 bits per heavy atom. The number of hydrogen-bond donors (Lipinski definition) is 1. The summed E-state index contributed by atoms with van der Waals surface area (Å²) in [7, 11) is 0. The van der Waals surface area contributed by atoms with E-state index >= 15 is 0 Å². The number of nitrogen functional groups attached to an aromatic ring is 1. The molecule has 21 heavy (non-hydrogen) atoms. The fourth-order valence-electron chi connectivity index (χ4n) is 2.39. The highest BCUT2D eigenvalue weighted by Gasteiger charge is 2.16. The van der Waals surface area contributed by atoms with Crippen LogP contribution in [0.4, 0.5) is 11.5 Å². The minimum atomic E-state index is 0.330. The van der Waals surface area contributed by atoms with Crippen molar-refractivity contribution < 1.29 is 0 Å². The first kappa shape index (κ1) is 13.4. The number of hydrogen-bond acceptors (Lipinski definition) is 4. The highest BCUT2D eigenvalue weighted by molar-refractivity contribution is 5.68. The van der Waals surface area contributed by atoms with Gasteiger partial charge in [0.05, 0.1) is 6.20 Å². The second-order valence-electron chi connectivity index (χ2n) is 5.38. The lowest BCUT2D eigenvalue weighted by Gasteiger charge is -2.28. The summed E-state index contributed by atoms with van der Waals surface area (Å²) in [6.07, 6.45) is 5.44. The highest BCUT2D eigenvalue weighted by Crippen LogP contribution is 2.23. The van der Waals surface area contributed by atoms with Gasteiger partial charge in [0, 0.05) is 30.7 Å². The van der Waals surface area contributed by atoms with Crippen molar-refractivity contribution in [1.82, 2.24) is 14.6 Å². The van der Waals surface area contributed by atoms with Crippen LogP contribution >= 0.6 is 0 Å². The van der Waals surface area contributed by atoms with Crippen LogP contribution < -0.4 is 10.6 Å². The third-order valence-electron chi connectivity index (χ3n) is 3.53. The Balaban J connectivity index is 1.98. The Morgan fingerprint density at radius 2 is 1.90 bits per heavy atom. The largest absolute Gasteiger partial charge is 0.399 e. The molecule has 0 radical (unpaired) electrons. The smallest absolute Gasteiger partial charge is 0.155 e. The van der Waals surface area contributed by atoms with E-state index in [-0.39, 0.29) is 0 Å². The number of fused-ring (bicyclic) bond motifs is 1. The van der Waals surface area contributed by atoms with Crippen molar-refractivity contribution in [2.75, 3.05) is 10.6 Å². The average molecular weight is 281 g/mol. The lowest BCUT2D eigenvalue weighted by Crippen LogP contribution is -2.31. The van der Waals surface area contributed by atoms with Gasteiger partial charge in [-0.1, -0.05) is 12.1 Å². The summed E-state index contributed by atoms with van der Waals surface area (Å²) in [5, 5.41) is 4.27. The number of benzene rings is 1. The Kier molecular flexibility index (Phi) is 3.48. The molecule has 2 aromatic heterocycles. The molecule has 0 amide bonds. The van der Waals surface area contributed by atoms with Crippen molar-refractivity contribution in [3.05, 3.63) is 54.5 Å². The zero-order valence-corrected chi connectivity index (χ0v) is 12.3. The molecule has 3 rings (SSSR count). The number of nitrogens with two attached hydrogens (primary N) is 1. The summed E-state index contributed by atoms with van der Waals surface area (Å²) in [5.74, 6) is 0.946. The van der Waals surface area contributed by atoms with Gasteiger partial charge < -0.3 is 10.6 Å². The van der Waals surface area contributed by atoms with Gasteiger partial charge in [0.1, 0.15) is 5.52 Å². The fourth-order valence-corrected chi connectivity index (χ4v) is 2.39. The molecule has 0 saturated heterocycles. The lowest BCUT2D eigenvalue weighted by atomic mass is 10.1. The predicted molar refractivity (Wildman–Crippen MR) is 85.2 cm³/mol. The normalized spacial score (nSPS) is 11.2. The molecule has 0 aliphatic heterocycles. The van der Waals surface area contributed by atoms with E-state index in [1.54, 1.807) is 12.4 Å². The maximum Gasteiger partial charge on any atom is 0.155 e. The number of nitrogens with zero attached hydrogens (tertiary/aromatic N) is 4. The Morgan fingerprint density at radius 3 is 2.62 bits per heavy atom. The van der Waals surface area contributed by atoms with E-state index in [4.69, 9.17) is 5.73 Å². The van der Waals surface area contributed by atoms with Gasteiger partial charge in [0.25, 0.3) is 0 Å². The predicted octanol–water partition coefficient (Wildman–Crippen LogP) is 2.73. The van der Waals surface area contributed by atoms with Crippen LogP contribution in [-0.2, 0) is 6.54 Å². The number of anilines is 2. The first-order chi connectivity index (χ1) is 10.1. The van der Waals surface area contributed by atoms with Crippen LogP contribution in [0.1, 0.15) is 19.4 Å². The minimum absolute atomic E-state index is 0.330. The van der Waals surface area contributed by atoms with Crippen molar-refractivity contribution in [2.45, 2.75) is 26.4 Å². The zero-order valence-electron chi connectivity index (χ0n) is 12.3. The van der Waals surface area contributed by atoms with Crippen LogP contribution in [0.15, 0.2) is 48.9 Å².